The van der Waals surface area contributed by atoms with Crippen LogP contribution in [0.3, 0.4) is 0 Å². The fourth-order valence-corrected chi connectivity index (χ4v) is 1.50. The summed E-state index contributed by atoms with van der Waals surface area (Å²) in [6.45, 7) is 4.40. The van der Waals surface area contributed by atoms with Crippen molar-refractivity contribution in [1.82, 2.24) is 10.2 Å². The SMILES string of the molecule is CCCCC(C)NCCN(C)CC(F)(F)F. The van der Waals surface area contributed by atoms with Crippen LogP contribution in [0.15, 0.2) is 0 Å². The number of unbranched alkanes of at least 4 members (excludes halogenated alkanes) is 1. The number of hydrogen-bond donors (Lipinski definition) is 1. The van der Waals surface area contributed by atoms with Gasteiger partial charge in [-0.1, -0.05) is 19.8 Å². The molecule has 0 aliphatic carbocycles. The van der Waals surface area contributed by atoms with Crippen LogP contribution in [0.25, 0.3) is 0 Å². The van der Waals surface area contributed by atoms with Crippen LogP contribution in [-0.4, -0.2) is 43.8 Å². The van der Waals surface area contributed by atoms with Gasteiger partial charge in [-0.15, -0.1) is 0 Å². The predicted molar refractivity (Wildman–Crippen MR) is 60.5 cm³/mol. The maximum atomic E-state index is 12.0. The summed E-state index contributed by atoms with van der Waals surface area (Å²) in [4.78, 5) is 1.29. The van der Waals surface area contributed by atoms with Gasteiger partial charge in [0, 0.05) is 19.1 Å². The lowest BCUT2D eigenvalue weighted by molar-refractivity contribution is -0.142. The minimum atomic E-state index is -4.09. The largest absolute Gasteiger partial charge is 0.401 e. The van der Waals surface area contributed by atoms with E-state index in [1.807, 2.05) is 0 Å². The standard InChI is InChI=1S/C11H23F3N2/c1-4-5-6-10(2)15-7-8-16(3)9-11(12,13)14/h10,15H,4-9H2,1-3H3. The van der Waals surface area contributed by atoms with Crippen LogP contribution in [-0.2, 0) is 0 Å². The smallest absolute Gasteiger partial charge is 0.313 e. The molecule has 0 spiro atoms. The molecule has 5 heteroatoms. The highest BCUT2D eigenvalue weighted by molar-refractivity contribution is 4.64. The van der Waals surface area contributed by atoms with Crippen LogP contribution in [0.5, 0.6) is 0 Å². The van der Waals surface area contributed by atoms with Gasteiger partial charge in [0.05, 0.1) is 6.54 Å². The van der Waals surface area contributed by atoms with E-state index in [-0.39, 0.29) is 0 Å². The Morgan fingerprint density at radius 2 is 1.94 bits per heavy atom. The van der Waals surface area contributed by atoms with E-state index in [2.05, 4.69) is 19.2 Å². The molecule has 0 aromatic carbocycles. The van der Waals surface area contributed by atoms with E-state index >= 15 is 0 Å². The van der Waals surface area contributed by atoms with Crippen LogP contribution in [0.1, 0.15) is 33.1 Å². The molecule has 0 fully saturated rings. The lowest BCUT2D eigenvalue weighted by atomic mass is 10.1. The molecule has 1 unspecified atom stereocenters. The highest BCUT2D eigenvalue weighted by Gasteiger charge is 2.28. The number of halogens is 3. The number of nitrogens with zero attached hydrogens (tertiary/aromatic N) is 1. The fourth-order valence-electron chi connectivity index (χ4n) is 1.50. The normalized spacial score (nSPS) is 14.4. The molecule has 0 aromatic heterocycles. The van der Waals surface area contributed by atoms with Gasteiger partial charge in [0.25, 0.3) is 0 Å². The van der Waals surface area contributed by atoms with Gasteiger partial charge < -0.3 is 5.32 Å². The molecule has 0 heterocycles. The third-order valence-corrected chi connectivity index (χ3v) is 2.43. The molecule has 1 N–H and O–H groups in total. The summed E-state index contributed by atoms with van der Waals surface area (Å²) in [6.07, 6.45) is -0.700. The van der Waals surface area contributed by atoms with Crippen LogP contribution in [0, 0.1) is 0 Å². The summed E-state index contributed by atoms with van der Waals surface area (Å²) in [5, 5.41) is 3.23. The van der Waals surface area contributed by atoms with Gasteiger partial charge in [0.1, 0.15) is 0 Å². The molecule has 0 saturated carbocycles. The van der Waals surface area contributed by atoms with Crippen molar-refractivity contribution in [3.63, 3.8) is 0 Å². The lowest BCUT2D eigenvalue weighted by Gasteiger charge is -2.20. The molecule has 1 atom stereocenters. The second-order valence-electron chi connectivity index (χ2n) is 4.35. The van der Waals surface area contributed by atoms with Crippen LogP contribution >= 0.6 is 0 Å². The molecule has 0 aliphatic heterocycles. The van der Waals surface area contributed by atoms with Gasteiger partial charge in [-0.05, 0) is 20.4 Å². The molecule has 0 amide bonds. The quantitative estimate of drug-likeness (QED) is 0.701. The molecule has 16 heavy (non-hydrogen) atoms. The Hall–Kier alpha value is -0.290. The summed E-state index contributed by atoms with van der Waals surface area (Å²) in [5.41, 5.74) is 0. The molecule has 0 radical (unpaired) electrons. The Bertz CT molecular complexity index is 171. The van der Waals surface area contributed by atoms with Gasteiger partial charge in [0.2, 0.25) is 0 Å². The summed E-state index contributed by atoms with van der Waals surface area (Å²) >= 11 is 0. The van der Waals surface area contributed by atoms with E-state index in [4.69, 9.17) is 0 Å². The van der Waals surface area contributed by atoms with Gasteiger partial charge in [-0.3, -0.25) is 4.90 Å². The molecule has 0 aliphatic rings. The molecule has 0 saturated heterocycles. The van der Waals surface area contributed by atoms with Crippen LogP contribution in [0.4, 0.5) is 13.2 Å². The number of nitrogens with one attached hydrogen (secondary N) is 1. The Kier molecular flexibility index (Phi) is 7.76. The first-order valence-corrected chi connectivity index (χ1v) is 5.84. The number of likely N-dealkylation sites (N-methyl/N-ethyl adjacent to an activating group) is 1. The molecule has 0 aromatic rings. The van der Waals surface area contributed by atoms with Crippen molar-refractivity contribution < 1.29 is 13.2 Å². The van der Waals surface area contributed by atoms with Gasteiger partial charge >= 0.3 is 6.18 Å². The van der Waals surface area contributed by atoms with Crippen molar-refractivity contribution in [1.29, 1.82) is 0 Å². The predicted octanol–water partition coefficient (Wildman–Crippen LogP) is 2.65. The van der Waals surface area contributed by atoms with Crippen molar-refractivity contribution in [2.24, 2.45) is 0 Å². The van der Waals surface area contributed by atoms with E-state index in [9.17, 15) is 13.2 Å². The monoisotopic (exact) mass is 240 g/mol. The summed E-state index contributed by atoms with van der Waals surface area (Å²) in [6, 6.07) is 0.388. The summed E-state index contributed by atoms with van der Waals surface area (Å²) in [7, 11) is 1.49. The topological polar surface area (TPSA) is 15.3 Å². The lowest BCUT2D eigenvalue weighted by Crippen LogP contribution is -2.38. The fraction of sp³-hybridized carbons (Fsp3) is 1.00. The number of alkyl halides is 3. The zero-order chi connectivity index (χ0) is 12.6. The molecular formula is C11H23F3N2. The molecule has 0 bridgehead atoms. The number of hydrogen-bond acceptors (Lipinski definition) is 2. The zero-order valence-corrected chi connectivity index (χ0v) is 10.4. The van der Waals surface area contributed by atoms with E-state index in [0.29, 0.717) is 19.1 Å². The van der Waals surface area contributed by atoms with Crippen molar-refractivity contribution in [3.05, 3.63) is 0 Å². The Morgan fingerprint density at radius 3 is 2.44 bits per heavy atom. The Balaban J connectivity index is 3.50. The molecule has 0 rings (SSSR count). The Labute approximate surface area is 96.2 Å². The van der Waals surface area contributed by atoms with E-state index < -0.39 is 12.7 Å². The first-order chi connectivity index (χ1) is 7.35. The zero-order valence-electron chi connectivity index (χ0n) is 10.4. The van der Waals surface area contributed by atoms with Gasteiger partial charge in [-0.2, -0.15) is 13.2 Å². The van der Waals surface area contributed by atoms with Crippen molar-refractivity contribution >= 4 is 0 Å². The first kappa shape index (κ1) is 15.7. The second kappa shape index (κ2) is 7.90. The highest BCUT2D eigenvalue weighted by atomic mass is 19.4. The second-order valence-corrected chi connectivity index (χ2v) is 4.35. The first-order valence-electron chi connectivity index (χ1n) is 5.84. The van der Waals surface area contributed by atoms with Crippen molar-refractivity contribution in [3.8, 4) is 0 Å². The summed E-state index contributed by atoms with van der Waals surface area (Å²) < 4.78 is 36.0. The Morgan fingerprint density at radius 1 is 1.31 bits per heavy atom. The average molecular weight is 240 g/mol. The summed E-state index contributed by atoms with van der Waals surface area (Å²) in [5.74, 6) is 0. The van der Waals surface area contributed by atoms with Gasteiger partial charge in [-0.25, -0.2) is 0 Å². The average Bonchev–Trinajstić information content (AvgIpc) is 2.11. The van der Waals surface area contributed by atoms with Crippen LogP contribution < -0.4 is 5.32 Å². The molecule has 98 valence electrons. The third kappa shape index (κ3) is 10.2. The maximum absolute atomic E-state index is 12.0. The van der Waals surface area contributed by atoms with E-state index in [0.717, 1.165) is 19.3 Å². The van der Waals surface area contributed by atoms with E-state index in [1.54, 1.807) is 0 Å². The minimum absolute atomic E-state index is 0.388. The highest BCUT2D eigenvalue weighted by Crippen LogP contribution is 2.15. The number of rotatable bonds is 8. The van der Waals surface area contributed by atoms with E-state index in [1.165, 1.54) is 11.9 Å². The van der Waals surface area contributed by atoms with Gasteiger partial charge in [0.15, 0.2) is 0 Å². The maximum Gasteiger partial charge on any atom is 0.401 e. The van der Waals surface area contributed by atoms with Crippen molar-refractivity contribution in [2.45, 2.75) is 45.3 Å². The third-order valence-electron chi connectivity index (χ3n) is 2.43. The van der Waals surface area contributed by atoms with Crippen LogP contribution in [0.2, 0.25) is 0 Å². The minimum Gasteiger partial charge on any atom is -0.313 e. The molecule has 2 nitrogen and oxygen atoms in total. The molecular weight excluding hydrogens is 217 g/mol. The van der Waals surface area contributed by atoms with Crippen molar-refractivity contribution in [2.75, 3.05) is 26.7 Å².